The summed E-state index contributed by atoms with van der Waals surface area (Å²) >= 11 is 0. The first-order valence-corrected chi connectivity index (χ1v) is 22.1. The number of anilines is 3. The molecule has 0 radical (unpaired) electrons. The highest BCUT2D eigenvalue weighted by molar-refractivity contribution is 6.10. The van der Waals surface area contributed by atoms with Crippen LogP contribution in [0.4, 0.5) is 17.1 Å². The van der Waals surface area contributed by atoms with Crippen LogP contribution >= 0.6 is 0 Å². The van der Waals surface area contributed by atoms with Gasteiger partial charge in [-0.1, -0.05) is 176 Å². The maximum Gasteiger partial charge on any atom is 0.0541 e. The van der Waals surface area contributed by atoms with Gasteiger partial charge in [0.15, 0.2) is 0 Å². The average Bonchev–Trinajstić information content (AvgIpc) is 3.69. The molecule has 0 aliphatic rings. The maximum atomic E-state index is 2.37. The van der Waals surface area contributed by atoms with E-state index < -0.39 is 0 Å². The van der Waals surface area contributed by atoms with Gasteiger partial charge in [0, 0.05) is 33.5 Å². The van der Waals surface area contributed by atoms with Gasteiger partial charge in [0.2, 0.25) is 0 Å². The van der Waals surface area contributed by atoms with E-state index in [2.05, 4.69) is 266 Å². The number of hydrogen-bond donors (Lipinski definition) is 0. The van der Waals surface area contributed by atoms with Crippen LogP contribution in [0, 0.1) is 13.8 Å². The van der Waals surface area contributed by atoms with Crippen molar-refractivity contribution in [2.75, 3.05) is 4.90 Å². The number of para-hydroxylation sites is 2. The summed E-state index contributed by atoms with van der Waals surface area (Å²) in [6, 6.07) is 88.1. The molecule has 2 nitrogen and oxygen atoms in total. The zero-order valence-electron chi connectivity index (χ0n) is 36.0. The molecule has 11 aromatic rings. The van der Waals surface area contributed by atoms with Gasteiger partial charge in [0.25, 0.3) is 0 Å². The SMILES string of the molecule is Cc1ccccc1-c1ccc(N(c2ccc(-c3ccc(-c4ccccc4)cc3)cc2)c2ccc(-c3ccc(-c4ccc5c(c4)c4ccccc4n5-c4ccccc4)cc3)cc2)cc1C. The molecule has 10 aromatic carbocycles. The Morgan fingerprint density at radius 2 is 0.703 bits per heavy atom. The van der Waals surface area contributed by atoms with E-state index in [1.165, 1.54) is 94.3 Å². The van der Waals surface area contributed by atoms with Crippen molar-refractivity contribution >= 4 is 38.9 Å². The highest BCUT2D eigenvalue weighted by Crippen LogP contribution is 2.40. The fraction of sp³-hybridized carbons (Fsp3) is 0.0323. The van der Waals surface area contributed by atoms with Crippen molar-refractivity contribution in [1.82, 2.24) is 4.57 Å². The lowest BCUT2D eigenvalue weighted by Gasteiger charge is -2.27. The summed E-state index contributed by atoms with van der Waals surface area (Å²) in [5.41, 5.74) is 21.6. The van der Waals surface area contributed by atoms with E-state index in [0.717, 1.165) is 17.1 Å². The van der Waals surface area contributed by atoms with Crippen molar-refractivity contribution in [3.63, 3.8) is 0 Å². The van der Waals surface area contributed by atoms with Gasteiger partial charge in [0.1, 0.15) is 0 Å². The van der Waals surface area contributed by atoms with Crippen molar-refractivity contribution in [2.45, 2.75) is 13.8 Å². The van der Waals surface area contributed by atoms with Gasteiger partial charge >= 0.3 is 0 Å². The van der Waals surface area contributed by atoms with E-state index >= 15 is 0 Å². The Morgan fingerprint density at radius 3 is 1.28 bits per heavy atom. The number of fused-ring (bicyclic) bond motifs is 3. The first kappa shape index (κ1) is 38.7. The minimum absolute atomic E-state index is 1.10. The Balaban J connectivity index is 0.904. The molecule has 64 heavy (non-hydrogen) atoms. The topological polar surface area (TPSA) is 8.17 Å². The van der Waals surface area contributed by atoms with Crippen LogP contribution in [0.3, 0.4) is 0 Å². The average molecular weight is 819 g/mol. The van der Waals surface area contributed by atoms with Gasteiger partial charge in [0.05, 0.1) is 11.0 Å². The molecule has 2 heteroatoms. The first-order chi connectivity index (χ1) is 31.6. The monoisotopic (exact) mass is 818 g/mol. The third-order valence-corrected chi connectivity index (χ3v) is 12.7. The third-order valence-electron chi connectivity index (χ3n) is 12.7. The second-order valence-corrected chi connectivity index (χ2v) is 16.7. The Kier molecular flexibility index (Phi) is 10.0. The zero-order chi connectivity index (χ0) is 43.0. The second-order valence-electron chi connectivity index (χ2n) is 16.7. The summed E-state index contributed by atoms with van der Waals surface area (Å²) in [6.45, 7) is 4.41. The Labute approximate surface area is 375 Å². The van der Waals surface area contributed by atoms with Crippen molar-refractivity contribution < 1.29 is 0 Å². The predicted molar refractivity (Wildman–Crippen MR) is 272 cm³/mol. The smallest absolute Gasteiger partial charge is 0.0541 e. The molecule has 0 amide bonds. The molecule has 0 fully saturated rings. The predicted octanol–water partition coefficient (Wildman–Crippen LogP) is 17.2. The maximum absolute atomic E-state index is 2.37. The van der Waals surface area contributed by atoms with Gasteiger partial charge in [-0.25, -0.2) is 0 Å². The molecule has 1 aromatic heterocycles. The standard InChI is InChI=1S/C62H46N2/c1-43-13-9-10-18-57(43)58-39-38-56(41-44(58)2)63(54-34-29-49(30-35-54)47-23-21-46(22-24-47)45-14-5-3-6-15-45)55-36-31-50(32-37-55)48-25-27-51(28-26-48)52-33-40-62-60(42-52)59-19-11-12-20-61(59)64(62)53-16-7-4-8-17-53/h3-42H,1-2H3. The second kappa shape index (κ2) is 16.6. The van der Waals surface area contributed by atoms with Gasteiger partial charge in [-0.3, -0.25) is 0 Å². The zero-order valence-corrected chi connectivity index (χ0v) is 36.0. The van der Waals surface area contributed by atoms with Crippen LogP contribution in [-0.4, -0.2) is 4.57 Å². The van der Waals surface area contributed by atoms with Crippen LogP contribution in [0.2, 0.25) is 0 Å². The molecule has 1 heterocycles. The molecule has 0 atom stereocenters. The molecule has 0 saturated carbocycles. The molecule has 0 bridgehead atoms. The van der Waals surface area contributed by atoms with Crippen LogP contribution in [0.1, 0.15) is 11.1 Å². The van der Waals surface area contributed by atoms with Gasteiger partial charge in [-0.05, 0) is 147 Å². The molecule has 0 spiro atoms. The number of rotatable bonds is 9. The third kappa shape index (κ3) is 7.25. The molecular weight excluding hydrogens is 773 g/mol. The van der Waals surface area contributed by atoms with E-state index in [1.54, 1.807) is 0 Å². The van der Waals surface area contributed by atoms with Crippen molar-refractivity contribution in [1.29, 1.82) is 0 Å². The van der Waals surface area contributed by atoms with Gasteiger partial charge < -0.3 is 9.47 Å². The van der Waals surface area contributed by atoms with E-state index in [9.17, 15) is 0 Å². The summed E-state index contributed by atoms with van der Waals surface area (Å²) < 4.78 is 2.37. The molecular formula is C62H46N2. The summed E-state index contributed by atoms with van der Waals surface area (Å²) in [4.78, 5) is 2.37. The normalized spacial score (nSPS) is 11.3. The summed E-state index contributed by atoms with van der Waals surface area (Å²) in [7, 11) is 0. The lowest BCUT2D eigenvalue weighted by Crippen LogP contribution is -2.10. The highest BCUT2D eigenvalue weighted by atomic mass is 15.1. The Hall–Kier alpha value is -8.20. The van der Waals surface area contributed by atoms with E-state index in [-0.39, 0.29) is 0 Å². The largest absolute Gasteiger partial charge is 0.310 e. The number of benzene rings is 10. The number of aryl methyl sites for hydroxylation is 2. The molecule has 0 N–H and O–H groups in total. The summed E-state index contributed by atoms with van der Waals surface area (Å²) in [6.07, 6.45) is 0. The van der Waals surface area contributed by atoms with Crippen molar-refractivity contribution in [2.24, 2.45) is 0 Å². The highest BCUT2D eigenvalue weighted by Gasteiger charge is 2.17. The minimum atomic E-state index is 1.10. The fourth-order valence-electron chi connectivity index (χ4n) is 9.37. The molecule has 0 unspecified atom stereocenters. The summed E-state index contributed by atoms with van der Waals surface area (Å²) in [5, 5.41) is 2.52. The first-order valence-electron chi connectivity index (χ1n) is 22.1. The van der Waals surface area contributed by atoms with Crippen LogP contribution in [0.5, 0.6) is 0 Å². The van der Waals surface area contributed by atoms with Crippen molar-refractivity contribution in [3.8, 4) is 61.3 Å². The van der Waals surface area contributed by atoms with Gasteiger partial charge in [-0.2, -0.15) is 0 Å². The lowest BCUT2D eigenvalue weighted by atomic mass is 9.96. The summed E-state index contributed by atoms with van der Waals surface area (Å²) in [5.74, 6) is 0. The molecule has 304 valence electrons. The van der Waals surface area contributed by atoms with Crippen molar-refractivity contribution in [3.05, 3.63) is 254 Å². The van der Waals surface area contributed by atoms with E-state index in [4.69, 9.17) is 0 Å². The fourth-order valence-corrected chi connectivity index (χ4v) is 9.37. The van der Waals surface area contributed by atoms with Crippen LogP contribution in [0.15, 0.2) is 243 Å². The van der Waals surface area contributed by atoms with E-state index in [1.807, 2.05) is 0 Å². The molecule has 11 rings (SSSR count). The number of hydrogen-bond acceptors (Lipinski definition) is 1. The minimum Gasteiger partial charge on any atom is -0.310 e. The van der Waals surface area contributed by atoms with Crippen LogP contribution in [0.25, 0.3) is 83.1 Å². The quantitative estimate of drug-likeness (QED) is 0.141. The number of nitrogens with zero attached hydrogens (tertiary/aromatic N) is 2. The Morgan fingerprint density at radius 1 is 0.281 bits per heavy atom. The molecule has 0 aliphatic carbocycles. The molecule has 0 saturated heterocycles. The van der Waals surface area contributed by atoms with Gasteiger partial charge in [-0.15, -0.1) is 0 Å². The van der Waals surface area contributed by atoms with Crippen LogP contribution in [-0.2, 0) is 0 Å². The number of aromatic nitrogens is 1. The van der Waals surface area contributed by atoms with Crippen LogP contribution < -0.4 is 4.90 Å². The lowest BCUT2D eigenvalue weighted by molar-refractivity contribution is 1.18. The Bertz CT molecular complexity index is 3400. The molecule has 0 aliphatic heterocycles. The van der Waals surface area contributed by atoms with E-state index in [0.29, 0.717) is 0 Å².